The predicted molar refractivity (Wildman–Crippen MR) is 114 cm³/mol. The molecule has 1 aromatic carbocycles. The molecule has 0 spiro atoms. The maximum atomic E-state index is 14.1. The number of aromatic hydroxyl groups is 1. The van der Waals surface area contributed by atoms with Crippen molar-refractivity contribution in [1.82, 2.24) is 15.3 Å². The van der Waals surface area contributed by atoms with Crippen molar-refractivity contribution in [2.24, 2.45) is 0 Å². The third-order valence-corrected chi connectivity index (χ3v) is 5.52. The molecule has 0 unspecified atom stereocenters. The van der Waals surface area contributed by atoms with E-state index in [9.17, 15) is 28.3 Å². The van der Waals surface area contributed by atoms with Crippen LogP contribution in [-0.4, -0.2) is 34.8 Å². The Kier molecular flexibility index (Phi) is 7.34. The number of hydrogen-bond acceptors (Lipinski definition) is 5. The summed E-state index contributed by atoms with van der Waals surface area (Å²) in [6.07, 6.45) is 5.04. The first-order chi connectivity index (χ1) is 15.3. The van der Waals surface area contributed by atoms with E-state index in [2.05, 4.69) is 17.6 Å². The summed E-state index contributed by atoms with van der Waals surface area (Å²) in [6, 6.07) is 2.08. The van der Waals surface area contributed by atoms with Crippen LogP contribution in [0.15, 0.2) is 23.1 Å². The second-order valence-electron chi connectivity index (χ2n) is 7.39. The van der Waals surface area contributed by atoms with Gasteiger partial charge in [-0.25, -0.2) is 8.78 Å². The zero-order chi connectivity index (χ0) is 23.4. The number of amides is 2. The number of halogens is 3. The van der Waals surface area contributed by atoms with Gasteiger partial charge < -0.3 is 15.7 Å². The van der Waals surface area contributed by atoms with E-state index in [1.807, 2.05) is 0 Å². The number of fused-ring (bicyclic) bond motifs is 1. The molecule has 0 aliphatic carbocycles. The molecule has 3 N–H and O–H groups in total. The van der Waals surface area contributed by atoms with Gasteiger partial charge >= 0.3 is 0 Å². The van der Waals surface area contributed by atoms with Crippen LogP contribution in [0, 0.1) is 11.6 Å². The van der Waals surface area contributed by atoms with E-state index in [0.29, 0.717) is 6.54 Å². The van der Waals surface area contributed by atoms with Gasteiger partial charge in [-0.1, -0.05) is 43.9 Å². The maximum Gasteiger partial charge on any atom is 0.275 e. The molecule has 1 aliphatic rings. The quantitative estimate of drug-likeness (QED) is 0.408. The van der Waals surface area contributed by atoms with Crippen LogP contribution in [0.25, 0.3) is 0 Å². The highest BCUT2D eigenvalue weighted by Crippen LogP contribution is 2.22. The lowest BCUT2D eigenvalue weighted by atomic mass is 10.1. The number of unbranched alkanes of at least 4 members (excludes halogenated alkanes) is 3. The maximum absolute atomic E-state index is 14.1. The van der Waals surface area contributed by atoms with Crippen molar-refractivity contribution >= 4 is 23.4 Å². The topological polar surface area (TPSA) is 104 Å². The molecule has 32 heavy (non-hydrogen) atoms. The minimum absolute atomic E-state index is 0.0797. The van der Waals surface area contributed by atoms with Crippen LogP contribution in [0.3, 0.4) is 0 Å². The van der Waals surface area contributed by atoms with Gasteiger partial charge in [-0.3, -0.25) is 24.1 Å². The minimum atomic E-state index is -1.03. The first-order valence-electron chi connectivity index (χ1n) is 10.2. The predicted octanol–water partition coefficient (Wildman–Crippen LogP) is 2.63. The van der Waals surface area contributed by atoms with Crippen molar-refractivity contribution in [3.05, 3.63) is 62.0 Å². The molecule has 172 valence electrons. The number of aromatic nitrogens is 1. The SMILES string of the molecule is CCCCCCN1CNC(=O)c2c(O)c(=O)c(C(=O)NCc3ccc(F)c(Cl)c3F)cn21. The molecule has 1 aliphatic heterocycles. The van der Waals surface area contributed by atoms with Crippen LogP contribution >= 0.6 is 11.6 Å². The minimum Gasteiger partial charge on any atom is -0.502 e. The molecule has 2 aromatic rings. The van der Waals surface area contributed by atoms with Crippen LogP contribution < -0.4 is 21.1 Å². The highest BCUT2D eigenvalue weighted by Gasteiger charge is 2.29. The molecule has 2 heterocycles. The van der Waals surface area contributed by atoms with Gasteiger partial charge in [-0.2, -0.15) is 0 Å². The Balaban J connectivity index is 1.86. The summed E-state index contributed by atoms with van der Waals surface area (Å²) < 4.78 is 28.7. The normalized spacial score (nSPS) is 13.0. The van der Waals surface area contributed by atoms with E-state index < -0.39 is 45.2 Å². The number of nitrogens with zero attached hydrogens (tertiary/aromatic N) is 2. The lowest BCUT2D eigenvalue weighted by Crippen LogP contribution is -2.53. The summed E-state index contributed by atoms with van der Waals surface area (Å²) in [5, 5.41) is 16.3. The standard InChI is InChI=1S/C21H23ClF2N4O4/c1-2-3-4-5-8-27-11-26-21(32)17-19(30)18(29)13(10-28(17)27)20(31)25-9-12-6-7-14(23)15(22)16(12)24/h6-7,10,30H,2-5,8-9,11H2,1H3,(H,25,31)(H,26,32). The third-order valence-electron chi connectivity index (χ3n) is 5.18. The van der Waals surface area contributed by atoms with Crippen molar-refractivity contribution < 1.29 is 23.5 Å². The zero-order valence-corrected chi connectivity index (χ0v) is 18.1. The summed E-state index contributed by atoms with van der Waals surface area (Å²) in [6.45, 7) is 2.38. The second-order valence-corrected chi connectivity index (χ2v) is 7.76. The van der Waals surface area contributed by atoms with Crippen molar-refractivity contribution in [3.63, 3.8) is 0 Å². The van der Waals surface area contributed by atoms with E-state index in [0.717, 1.165) is 37.8 Å². The molecular formula is C21H23ClF2N4O4. The first kappa shape index (κ1) is 23.5. The summed E-state index contributed by atoms with van der Waals surface area (Å²) in [7, 11) is 0. The van der Waals surface area contributed by atoms with E-state index in [1.165, 1.54) is 10.9 Å². The van der Waals surface area contributed by atoms with Crippen molar-refractivity contribution in [1.29, 1.82) is 0 Å². The first-order valence-corrected chi connectivity index (χ1v) is 10.6. The Morgan fingerprint density at radius 1 is 1.25 bits per heavy atom. The van der Waals surface area contributed by atoms with E-state index in [-0.39, 0.29) is 24.5 Å². The van der Waals surface area contributed by atoms with Gasteiger partial charge in [-0.15, -0.1) is 0 Å². The molecule has 0 saturated carbocycles. The lowest BCUT2D eigenvalue weighted by Gasteiger charge is -2.34. The fraction of sp³-hybridized carbons (Fsp3) is 0.381. The molecule has 0 fully saturated rings. The molecule has 0 atom stereocenters. The summed E-state index contributed by atoms with van der Waals surface area (Å²) in [5.41, 5.74) is -1.80. The fourth-order valence-corrected chi connectivity index (χ4v) is 3.57. The highest BCUT2D eigenvalue weighted by molar-refractivity contribution is 6.30. The summed E-state index contributed by atoms with van der Waals surface area (Å²) >= 11 is 5.54. The summed E-state index contributed by atoms with van der Waals surface area (Å²) in [4.78, 5) is 37.4. The Morgan fingerprint density at radius 3 is 2.72 bits per heavy atom. The smallest absolute Gasteiger partial charge is 0.275 e. The molecule has 0 bridgehead atoms. The van der Waals surface area contributed by atoms with Crippen molar-refractivity contribution in [3.8, 4) is 5.75 Å². The van der Waals surface area contributed by atoms with E-state index in [1.54, 1.807) is 5.01 Å². The van der Waals surface area contributed by atoms with Gasteiger partial charge in [0, 0.05) is 24.8 Å². The second kappa shape index (κ2) is 9.99. The van der Waals surface area contributed by atoms with Crippen LogP contribution in [0.5, 0.6) is 5.75 Å². The Labute approximate surface area is 187 Å². The highest BCUT2D eigenvalue weighted by atomic mass is 35.5. The number of carbonyl (C=O) groups is 2. The van der Waals surface area contributed by atoms with Gasteiger partial charge in [0.05, 0.1) is 0 Å². The third kappa shape index (κ3) is 4.69. The molecular weight excluding hydrogens is 446 g/mol. The van der Waals surface area contributed by atoms with Gasteiger partial charge in [0.2, 0.25) is 5.43 Å². The van der Waals surface area contributed by atoms with Gasteiger partial charge in [0.25, 0.3) is 11.8 Å². The number of nitrogens with one attached hydrogen (secondary N) is 2. The van der Waals surface area contributed by atoms with Crippen molar-refractivity contribution in [2.75, 3.05) is 18.2 Å². The monoisotopic (exact) mass is 468 g/mol. The molecule has 11 heteroatoms. The number of rotatable bonds is 8. The average molecular weight is 469 g/mol. The largest absolute Gasteiger partial charge is 0.502 e. The van der Waals surface area contributed by atoms with Crippen LogP contribution in [0.2, 0.25) is 5.02 Å². The van der Waals surface area contributed by atoms with Crippen LogP contribution in [0.1, 0.15) is 59.0 Å². The molecule has 8 nitrogen and oxygen atoms in total. The van der Waals surface area contributed by atoms with Crippen LogP contribution in [0.4, 0.5) is 8.78 Å². The van der Waals surface area contributed by atoms with Crippen molar-refractivity contribution in [2.45, 2.75) is 39.2 Å². The fourth-order valence-electron chi connectivity index (χ4n) is 3.39. The van der Waals surface area contributed by atoms with Crippen LogP contribution in [-0.2, 0) is 6.54 Å². The Hall–Kier alpha value is -3.14. The van der Waals surface area contributed by atoms with Gasteiger partial charge in [0.1, 0.15) is 28.9 Å². The van der Waals surface area contributed by atoms with Gasteiger partial charge in [-0.05, 0) is 12.5 Å². The Bertz CT molecular complexity index is 1110. The lowest BCUT2D eigenvalue weighted by molar-refractivity contribution is 0.0908. The van der Waals surface area contributed by atoms with E-state index >= 15 is 0 Å². The Morgan fingerprint density at radius 2 is 2.00 bits per heavy atom. The zero-order valence-electron chi connectivity index (χ0n) is 17.4. The number of benzene rings is 1. The van der Waals surface area contributed by atoms with Gasteiger partial charge in [0.15, 0.2) is 11.4 Å². The molecule has 3 rings (SSSR count). The number of pyridine rings is 1. The molecule has 2 amide bonds. The number of hydrogen-bond donors (Lipinski definition) is 3. The summed E-state index contributed by atoms with van der Waals surface area (Å²) in [5.74, 6) is -4.34. The molecule has 0 saturated heterocycles. The average Bonchev–Trinajstić information content (AvgIpc) is 2.77. The number of carbonyl (C=O) groups excluding carboxylic acids is 2. The molecule has 1 aromatic heterocycles. The van der Waals surface area contributed by atoms with E-state index in [4.69, 9.17) is 11.6 Å². The molecule has 0 radical (unpaired) electrons.